The van der Waals surface area contributed by atoms with E-state index in [-0.39, 0.29) is 11.5 Å². The zero-order valence-electron chi connectivity index (χ0n) is 8.25. The van der Waals surface area contributed by atoms with E-state index in [1.54, 1.807) is 0 Å². The van der Waals surface area contributed by atoms with E-state index in [0.29, 0.717) is 23.9 Å². The maximum Gasteiger partial charge on any atom is 0.189 e. The van der Waals surface area contributed by atoms with E-state index in [9.17, 15) is 9.59 Å². The highest BCUT2D eigenvalue weighted by Crippen LogP contribution is 2.08. The van der Waals surface area contributed by atoms with Gasteiger partial charge in [-0.2, -0.15) is 0 Å². The van der Waals surface area contributed by atoms with Crippen molar-refractivity contribution < 1.29 is 18.4 Å². The zero-order valence-corrected chi connectivity index (χ0v) is 8.25. The minimum atomic E-state index is 0.199. The summed E-state index contributed by atoms with van der Waals surface area (Å²) in [5.74, 6) is 0.398. The van der Waals surface area contributed by atoms with Gasteiger partial charge in [-0.1, -0.05) is 0 Å². The lowest BCUT2D eigenvalue weighted by atomic mass is 10.4. The molecule has 0 radical (unpaired) electrons. The smallest absolute Gasteiger partial charge is 0.189 e. The van der Waals surface area contributed by atoms with Crippen molar-refractivity contribution in [3.63, 3.8) is 0 Å². The fourth-order valence-electron chi connectivity index (χ4n) is 0.853. The molecule has 0 saturated heterocycles. The Morgan fingerprint density at radius 1 is 0.875 bits per heavy atom. The molecular weight excluding hydrogens is 212 g/mol. The predicted molar refractivity (Wildman–Crippen MR) is 57.0 cm³/mol. The van der Waals surface area contributed by atoms with Crippen LogP contribution in [0.1, 0.15) is 21.1 Å². The van der Waals surface area contributed by atoms with E-state index in [1.165, 1.54) is 24.7 Å². The Labute approximate surface area is 90.8 Å². The summed E-state index contributed by atoms with van der Waals surface area (Å²) in [4.78, 5) is 19.8. The van der Waals surface area contributed by atoms with Crippen LogP contribution in [0, 0.1) is 0 Å². The van der Waals surface area contributed by atoms with Gasteiger partial charge in [0, 0.05) is 12.1 Å². The highest BCUT2D eigenvalue weighted by Gasteiger charge is 1.97. The van der Waals surface area contributed by atoms with Gasteiger partial charge in [0.15, 0.2) is 24.1 Å². The normalized spacial score (nSPS) is 9.00. The average Bonchev–Trinajstić information content (AvgIpc) is 2.87. The molecule has 0 aliphatic carbocycles. The van der Waals surface area contributed by atoms with E-state index in [0.717, 1.165) is 0 Å². The van der Waals surface area contributed by atoms with Crippen molar-refractivity contribution in [1.82, 2.24) is 0 Å². The molecule has 2 heterocycles. The van der Waals surface area contributed by atoms with Crippen LogP contribution in [0.2, 0.25) is 0 Å². The third-order valence-electron chi connectivity index (χ3n) is 1.67. The van der Waals surface area contributed by atoms with Crippen molar-refractivity contribution in [3.05, 3.63) is 36.2 Å². The van der Waals surface area contributed by atoms with E-state index >= 15 is 0 Å². The van der Waals surface area contributed by atoms with Crippen molar-refractivity contribution in [2.24, 2.45) is 0 Å². The second kappa shape index (κ2) is 5.40. The third-order valence-corrected chi connectivity index (χ3v) is 1.67. The number of nitrogen functional groups attached to an aromatic ring is 2. The van der Waals surface area contributed by atoms with Crippen molar-refractivity contribution in [2.45, 2.75) is 0 Å². The lowest BCUT2D eigenvalue weighted by molar-refractivity contribution is 0.109. The minimum Gasteiger partial charge on any atom is -0.459 e. The molecule has 0 unspecified atom stereocenters. The summed E-state index contributed by atoms with van der Waals surface area (Å²) in [5, 5.41) is 0. The van der Waals surface area contributed by atoms with Crippen molar-refractivity contribution >= 4 is 23.9 Å². The van der Waals surface area contributed by atoms with Gasteiger partial charge in [-0.3, -0.25) is 9.59 Å². The molecule has 2 aromatic rings. The Balaban J connectivity index is 0.000000160. The van der Waals surface area contributed by atoms with Crippen molar-refractivity contribution in [1.29, 1.82) is 0 Å². The average molecular weight is 222 g/mol. The summed E-state index contributed by atoms with van der Waals surface area (Å²) in [6.07, 6.45) is 3.91. The van der Waals surface area contributed by atoms with Crippen LogP contribution in [-0.2, 0) is 0 Å². The first kappa shape index (κ1) is 11.6. The molecule has 6 heteroatoms. The second-order valence-electron chi connectivity index (χ2n) is 2.72. The van der Waals surface area contributed by atoms with Gasteiger partial charge in [0.05, 0.1) is 23.9 Å². The second-order valence-corrected chi connectivity index (χ2v) is 2.72. The van der Waals surface area contributed by atoms with Crippen molar-refractivity contribution in [2.75, 3.05) is 11.5 Å². The molecule has 0 spiro atoms. The predicted octanol–water partition coefficient (Wildman–Crippen LogP) is 1.35. The highest BCUT2D eigenvalue weighted by molar-refractivity contribution is 5.79. The fourth-order valence-corrected chi connectivity index (χ4v) is 0.853. The van der Waals surface area contributed by atoms with E-state index < -0.39 is 0 Å². The monoisotopic (exact) mass is 222 g/mol. The topological polar surface area (TPSA) is 112 Å². The first-order chi connectivity index (χ1) is 7.69. The summed E-state index contributed by atoms with van der Waals surface area (Å²) in [6, 6.07) is 3.06. The van der Waals surface area contributed by atoms with Gasteiger partial charge < -0.3 is 20.3 Å². The number of furan rings is 2. The van der Waals surface area contributed by atoms with Crippen LogP contribution in [0.3, 0.4) is 0 Å². The summed E-state index contributed by atoms with van der Waals surface area (Å²) < 4.78 is 9.24. The Morgan fingerprint density at radius 3 is 1.38 bits per heavy atom. The summed E-state index contributed by atoms with van der Waals surface area (Å²) in [7, 11) is 0. The Morgan fingerprint density at radius 2 is 1.25 bits per heavy atom. The maximum atomic E-state index is 9.91. The molecule has 6 nitrogen and oxygen atoms in total. The van der Waals surface area contributed by atoms with Crippen LogP contribution in [0.25, 0.3) is 0 Å². The third kappa shape index (κ3) is 2.74. The Hall–Kier alpha value is -2.50. The first-order valence-corrected chi connectivity index (χ1v) is 4.25. The van der Waals surface area contributed by atoms with Crippen molar-refractivity contribution in [3.8, 4) is 0 Å². The molecule has 0 saturated carbocycles. The lowest BCUT2D eigenvalue weighted by Gasteiger charge is -1.79. The molecule has 0 amide bonds. The highest BCUT2D eigenvalue weighted by atomic mass is 16.3. The van der Waals surface area contributed by atoms with Gasteiger partial charge in [0.25, 0.3) is 0 Å². The quantitative estimate of drug-likeness (QED) is 0.741. The molecule has 16 heavy (non-hydrogen) atoms. The van der Waals surface area contributed by atoms with E-state index in [2.05, 4.69) is 8.83 Å². The number of rotatable bonds is 2. The number of hydrogen-bond acceptors (Lipinski definition) is 6. The van der Waals surface area contributed by atoms with Crippen LogP contribution in [0.5, 0.6) is 0 Å². The Kier molecular flexibility index (Phi) is 3.90. The molecular formula is C10H10N2O4. The lowest BCUT2D eigenvalue weighted by Crippen LogP contribution is -1.84. The van der Waals surface area contributed by atoms with Crippen LogP contribution < -0.4 is 11.5 Å². The molecule has 4 N–H and O–H groups in total. The number of carbonyl (C=O) groups excluding carboxylic acids is 2. The fraction of sp³-hybridized carbons (Fsp3) is 0. The van der Waals surface area contributed by atoms with Gasteiger partial charge in [0.2, 0.25) is 0 Å². The van der Waals surface area contributed by atoms with Crippen LogP contribution in [-0.4, -0.2) is 12.6 Å². The minimum absolute atomic E-state index is 0.199. The first-order valence-electron chi connectivity index (χ1n) is 4.25. The summed E-state index contributed by atoms with van der Waals surface area (Å²) >= 11 is 0. The molecule has 0 atom stereocenters. The van der Waals surface area contributed by atoms with Gasteiger partial charge in [-0.15, -0.1) is 0 Å². The number of carbonyl (C=O) groups is 2. The number of anilines is 2. The Bertz CT molecular complexity index is 428. The molecule has 2 aromatic heterocycles. The van der Waals surface area contributed by atoms with Gasteiger partial charge in [0.1, 0.15) is 0 Å². The van der Waals surface area contributed by atoms with Crippen LogP contribution in [0.15, 0.2) is 33.5 Å². The summed E-state index contributed by atoms with van der Waals surface area (Å²) in [6.45, 7) is 0. The van der Waals surface area contributed by atoms with Gasteiger partial charge in [-0.25, -0.2) is 0 Å². The molecule has 0 aromatic carbocycles. The van der Waals surface area contributed by atoms with Crippen LogP contribution >= 0.6 is 0 Å². The maximum absolute atomic E-state index is 9.91. The van der Waals surface area contributed by atoms with Gasteiger partial charge >= 0.3 is 0 Å². The van der Waals surface area contributed by atoms with Crippen LogP contribution in [0.4, 0.5) is 11.4 Å². The molecule has 84 valence electrons. The molecule has 0 bridgehead atoms. The zero-order chi connectivity index (χ0) is 12.0. The largest absolute Gasteiger partial charge is 0.459 e. The van der Waals surface area contributed by atoms with E-state index in [1.807, 2.05) is 0 Å². The number of hydrogen-bond donors (Lipinski definition) is 2. The SMILES string of the molecule is Nc1ccoc1C=O.Nc1ccoc1C=O. The van der Waals surface area contributed by atoms with E-state index in [4.69, 9.17) is 11.5 Å². The van der Waals surface area contributed by atoms with Gasteiger partial charge in [-0.05, 0) is 0 Å². The molecule has 2 rings (SSSR count). The molecule has 0 aliphatic heterocycles. The number of aldehydes is 2. The molecule has 0 aliphatic rings. The standard InChI is InChI=1S/2C5H5NO2/c2*6-4-1-2-8-5(4)3-7/h2*1-3H,6H2. The molecule has 0 fully saturated rings. The summed E-state index contributed by atoms with van der Waals surface area (Å²) in [5.41, 5.74) is 11.2. The number of nitrogens with two attached hydrogens (primary N) is 2.